The van der Waals surface area contributed by atoms with Crippen molar-refractivity contribution in [3.8, 4) is 0 Å². The molecule has 2 aliphatic rings. The maximum absolute atomic E-state index is 13.4. The summed E-state index contributed by atoms with van der Waals surface area (Å²) in [5.41, 5.74) is 0. The minimum atomic E-state index is -7.00. The van der Waals surface area contributed by atoms with Crippen molar-refractivity contribution in [2.75, 3.05) is 19.7 Å². The highest BCUT2D eigenvalue weighted by Gasteiger charge is 2.81. The van der Waals surface area contributed by atoms with Gasteiger partial charge in [0.2, 0.25) is 5.91 Å². The van der Waals surface area contributed by atoms with Crippen LogP contribution in [0.3, 0.4) is 0 Å². The number of nitrogens with one attached hydrogen (secondary N) is 2. The molecule has 2 saturated heterocycles. The number of halogens is 9. The van der Waals surface area contributed by atoms with Crippen LogP contribution in [0.5, 0.6) is 0 Å². The number of carbonyl (C=O) groups excluding carboxylic acids is 1. The fourth-order valence-corrected chi connectivity index (χ4v) is 3.97. The summed E-state index contributed by atoms with van der Waals surface area (Å²) in [7, 11) is 0. The van der Waals surface area contributed by atoms with Crippen molar-refractivity contribution < 1.29 is 64.4 Å². The predicted molar refractivity (Wildman–Crippen MR) is 106 cm³/mol. The molecular weight excluding hydrogens is 541 g/mol. The molecule has 0 aliphatic carbocycles. The Hall–Kier alpha value is -1.63. The van der Waals surface area contributed by atoms with Gasteiger partial charge in [-0.1, -0.05) is 0 Å². The molecule has 2 aliphatic heterocycles. The number of thiocarbonyl (C=S) groups is 1. The molecule has 36 heavy (non-hydrogen) atoms. The summed E-state index contributed by atoms with van der Waals surface area (Å²) < 4.78 is 120. The van der Waals surface area contributed by atoms with E-state index in [4.69, 9.17) is 17.0 Å². The van der Waals surface area contributed by atoms with Crippen molar-refractivity contribution in [2.24, 2.45) is 0 Å². The topological polar surface area (TPSA) is 114 Å². The lowest BCUT2D eigenvalue weighted by atomic mass is 9.95. The Kier molecular flexibility index (Phi) is 9.35. The van der Waals surface area contributed by atoms with Gasteiger partial charge in [0.25, 0.3) is 0 Å². The molecule has 2 heterocycles. The monoisotopic (exact) mass is 565 g/mol. The first-order chi connectivity index (χ1) is 16.4. The molecule has 210 valence electrons. The standard InChI is InChI=1S/C18H24F9N3O5S/c19-15(20,16(21,22)17(23,24)18(25,26)27)4-3-9(31)28-5-1-2-6-29-14(36)30-8-7-35-13(30)12(34)11(33)10(8)32/h8,10-13,32-34H,1-7H2,(H,28,31)(H,29,36)/t8-,10-,11+,12-,13+/m1/s1. The van der Waals surface area contributed by atoms with Crippen molar-refractivity contribution in [2.45, 2.75) is 80.2 Å². The Morgan fingerprint density at radius 2 is 1.44 bits per heavy atom. The fourth-order valence-electron chi connectivity index (χ4n) is 3.63. The van der Waals surface area contributed by atoms with Gasteiger partial charge in [-0.05, 0) is 25.1 Å². The Labute approximate surface area is 203 Å². The number of amides is 1. The van der Waals surface area contributed by atoms with Gasteiger partial charge in [0, 0.05) is 25.9 Å². The molecule has 18 heteroatoms. The van der Waals surface area contributed by atoms with Crippen molar-refractivity contribution in [3.63, 3.8) is 0 Å². The zero-order chi connectivity index (χ0) is 27.7. The number of aliphatic hydroxyl groups excluding tert-OH is 3. The average molecular weight is 565 g/mol. The molecule has 2 bridgehead atoms. The maximum atomic E-state index is 13.4. The summed E-state index contributed by atoms with van der Waals surface area (Å²) in [4.78, 5) is 12.9. The Balaban J connectivity index is 1.70. The third kappa shape index (κ3) is 5.92. The zero-order valence-corrected chi connectivity index (χ0v) is 19.1. The number of carbonyl (C=O) groups is 1. The van der Waals surface area contributed by atoms with Gasteiger partial charge >= 0.3 is 23.9 Å². The summed E-state index contributed by atoms with van der Waals surface area (Å²) in [5.74, 6) is -20.8. The molecule has 2 rings (SSSR count). The van der Waals surface area contributed by atoms with Crippen molar-refractivity contribution in [1.82, 2.24) is 15.5 Å². The lowest BCUT2D eigenvalue weighted by Crippen LogP contribution is -2.65. The van der Waals surface area contributed by atoms with Gasteiger partial charge in [0.05, 0.1) is 12.6 Å². The molecule has 0 unspecified atom stereocenters. The van der Waals surface area contributed by atoms with E-state index in [0.717, 1.165) is 0 Å². The molecular formula is C18H24F9N3O5S. The van der Waals surface area contributed by atoms with Gasteiger partial charge in [-0.2, -0.15) is 39.5 Å². The van der Waals surface area contributed by atoms with E-state index in [0.29, 0.717) is 6.42 Å². The van der Waals surface area contributed by atoms with E-state index in [1.165, 1.54) is 4.90 Å². The van der Waals surface area contributed by atoms with Crippen molar-refractivity contribution in [1.29, 1.82) is 0 Å². The normalized spacial score (nSPS) is 27.2. The fraction of sp³-hybridized carbons (Fsp3) is 0.889. The summed E-state index contributed by atoms with van der Waals surface area (Å²) in [5, 5.41) is 34.7. The van der Waals surface area contributed by atoms with E-state index in [-0.39, 0.29) is 31.2 Å². The predicted octanol–water partition coefficient (Wildman–Crippen LogP) is 1.13. The number of piperidine rings is 1. The van der Waals surface area contributed by atoms with Crippen LogP contribution < -0.4 is 10.6 Å². The summed E-state index contributed by atoms with van der Waals surface area (Å²) >= 11 is 5.19. The molecule has 0 saturated carbocycles. The number of alkyl halides is 9. The van der Waals surface area contributed by atoms with Crippen LogP contribution in [0.4, 0.5) is 39.5 Å². The Bertz CT molecular complexity index is 787. The van der Waals surface area contributed by atoms with Gasteiger partial charge in [-0.15, -0.1) is 0 Å². The van der Waals surface area contributed by atoms with Gasteiger partial charge in [-0.3, -0.25) is 4.79 Å². The summed E-state index contributed by atoms with van der Waals surface area (Å²) in [6.45, 7) is 0.0402. The number of rotatable bonds is 10. The van der Waals surface area contributed by atoms with E-state index >= 15 is 0 Å². The van der Waals surface area contributed by atoms with E-state index in [9.17, 15) is 59.6 Å². The quantitative estimate of drug-likeness (QED) is 0.152. The number of fused-ring (bicyclic) bond motifs is 2. The molecule has 0 spiro atoms. The number of hydrogen-bond acceptors (Lipinski definition) is 6. The number of nitrogens with zero attached hydrogens (tertiary/aromatic N) is 1. The minimum absolute atomic E-state index is 0.00658. The van der Waals surface area contributed by atoms with Crippen LogP contribution in [-0.4, -0.2) is 105 Å². The van der Waals surface area contributed by atoms with Crippen LogP contribution in [-0.2, 0) is 9.53 Å². The highest BCUT2D eigenvalue weighted by Crippen LogP contribution is 2.54. The van der Waals surface area contributed by atoms with Crippen LogP contribution in [0.1, 0.15) is 25.7 Å². The molecule has 2 fully saturated rings. The average Bonchev–Trinajstić information content (AvgIpc) is 3.18. The smallest absolute Gasteiger partial charge is 0.388 e. The van der Waals surface area contributed by atoms with Crippen LogP contribution in [0.15, 0.2) is 0 Å². The minimum Gasteiger partial charge on any atom is -0.388 e. The summed E-state index contributed by atoms with van der Waals surface area (Å²) in [6.07, 6.45) is -15.2. The lowest BCUT2D eigenvalue weighted by Gasteiger charge is -2.42. The van der Waals surface area contributed by atoms with E-state index in [1.54, 1.807) is 0 Å². The number of aliphatic hydroxyl groups is 3. The third-order valence-electron chi connectivity index (χ3n) is 5.77. The molecule has 5 N–H and O–H groups in total. The highest BCUT2D eigenvalue weighted by molar-refractivity contribution is 7.80. The molecule has 0 aromatic carbocycles. The largest absolute Gasteiger partial charge is 0.460 e. The second-order valence-corrected chi connectivity index (χ2v) is 8.70. The number of unbranched alkanes of at least 4 members (excludes halogenated alkanes) is 1. The maximum Gasteiger partial charge on any atom is 0.460 e. The van der Waals surface area contributed by atoms with Gasteiger partial charge in [0.1, 0.15) is 18.3 Å². The van der Waals surface area contributed by atoms with Crippen molar-refractivity contribution >= 4 is 23.2 Å². The second kappa shape index (κ2) is 11.0. The molecule has 0 aromatic rings. The van der Waals surface area contributed by atoms with E-state index < -0.39 is 73.3 Å². The summed E-state index contributed by atoms with van der Waals surface area (Å²) in [6, 6.07) is -0.700. The first-order valence-corrected chi connectivity index (χ1v) is 11.0. The van der Waals surface area contributed by atoms with Crippen LogP contribution in [0.25, 0.3) is 0 Å². The molecule has 8 nitrogen and oxygen atoms in total. The van der Waals surface area contributed by atoms with Gasteiger partial charge in [0.15, 0.2) is 11.3 Å². The Morgan fingerprint density at radius 1 is 0.889 bits per heavy atom. The molecule has 0 radical (unpaired) electrons. The Morgan fingerprint density at radius 3 is 2.00 bits per heavy atom. The van der Waals surface area contributed by atoms with E-state index in [2.05, 4.69) is 10.6 Å². The molecule has 0 aromatic heterocycles. The first-order valence-electron chi connectivity index (χ1n) is 10.6. The zero-order valence-electron chi connectivity index (χ0n) is 18.3. The highest BCUT2D eigenvalue weighted by atomic mass is 32.1. The number of hydrogen-bond donors (Lipinski definition) is 5. The van der Waals surface area contributed by atoms with Crippen LogP contribution in [0.2, 0.25) is 0 Å². The molecule has 5 atom stereocenters. The molecule has 1 amide bonds. The number of ether oxygens (including phenoxy) is 1. The van der Waals surface area contributed by atoms with E-state index in [1.807, 2.05) is 0 Å². The van der Waals surface area contributed by atoms with Crippen LogP contribution in [0, 0.1) is 0 Å². The van der Waals surface area contributed by atoms with Crippen molar-refractivity contribution in [3.05, 3.63) is 0 Å². The van der Waals surface area contributed by atoms with Gasteiger partial charge in [-0.25, -0.2) is 0 Å². The van der Waals surface area contributed by atoms with Crippen LogP contribution >= 0.6 is 12.2 Å². The SMILES string of the molecule is O=C(CCC(F)(F)C(F)(F)C(F)(F)C(F)(F)F)NCCCCNC(=S)N1[C@@H]2CO[C@H]1[C@H](O)[C@@H](O)[C@@H]2O. The lowest BCUT2D eigenvalue weighted by molar-refractivity contribution is -0.396. The first kappa shape index (κ1) is 30.6. The third-order valence-corrected chi connectivity index (χ3v) is 6.12. The van der Waals surface area contributed by atoms with Gasteiger partial charge < -0.3 is 35.6 Å². The second-order valence-electron chi connectivity index (χ2n) is 8.31.